The maximum atomic E-state index is 5.28. The van der Waals surface area contributed by atoms with Crippen molar-refractivity contribution in [2.75, 3.05) is 11.9 Å². The maximum Gasteiger partial charge on any atom is 0.0921 e. The van der Waals surface area contributed by atoms with E-state index in [1.54, 1.807) is 11.3 Å². The number of hydrogen-bond acceptors (Lipinski definition) is 3. The minimum absolute atomic E-state index is 0.494. The van der Waals surface area contributed by atoms with Crippen LogP contribution in [0.4, 0.5) is 5.00 Å². The van der Waals surface area contributed by atoms with Crippen LogP contribution in [0, 0.1) is 0 Å². The van der Waals surface area contributed by atoms with Gasteiger partial charge in [0.1, 0.15) is 0 Å². The van der Waals surface area contributed by atoms with Gasteiger partial charge in [-0.2, -0.15) is 0 Å². The van der Waals surface area contributed by atoms with Crippen molar-refractivity contribution in [2.24, 2.45) is 5.73 Å². The summed E-state index contributed by atoms with van der Waals surface area (Å²) >= 11 is 6.33. The van der Waals surface area contributed by atoms with Crippen LogP contribution in [0.15, 0.2) is 17.5 Å². The highest BCUT2D eigenvalue weighted by Gasteiger charge is 1.90. The van der Waals surface area contributed by atoms with E-state index >= 15 is 0 Å². The highest BCUT2D eigenvalue weighted by molar-refractivity contribution is 7.80. The first-order valence-corrected chi connectivity index (χ1v) is 4.13. The van der Waals surface area contributed by atoms with E-state index in [0.29, 0.717) is 11.5 Å². The number of hydrogen-bond donors (Lipinski definition) is 2. The predicted molar refractivity (Wildman–Crippen MR) is 49.6 cm³/mol. The molecular weight excluding hydrogens is 164 g/mol. The SMILES string of the molecule is NC(=S)CNc1cccs1. The number of nitrogens with two attached hydrogens (primary N) is 1. The molecule has 0 spiro atoms. The first-order valence-electron chi connectivity index (χ1n) is 2.85. The van der Waals surface area contributed by atoms with Crippen molar-refractivity contribution in [3.63, 3.8) is 0 Å². The highest BCUT2D eigenvalue weighted by Crippen LogP contribution is 2.13. The largest absolute Gasteiger partial charge is 0.392 e. The van der Waals surface area contributed by atoms with Gasteiger partial charge < -0.3 is 11.1 Å². The molecule has 0 saturated heterocycles. The first-order chi connectivity index (χ1) is 4.79. The summed E-state index contributed by atoms with van der Waals surface area (Å²) in [5.41, 5.74) is 5.28. The van der Waals surface area contributed by atoms with E-state index in [-0.39, 0.29) is 0 Å². The quantitative estimate of drug-likeness (QED) is 0.678. The molecule has 0 unspecified atom stereocenters. The van der Waals surface area contributed by atoms with Crippen LogP contribution in [0.25, 0.3) is 0 Å². The fourth-order valence-corrected chi connectivity index (χ4v) is 1.24. The minimum atomic E-state index is 0.494. The Morgan fingerprint density at radius 2 is 2.60 bits per heavy atom. The highest BCUT2D eigenvalue weighted by atomic mass is 32.1. The van der Waals surface area contributed by atoms with Gasteiger partial charge in [0.2, 0.25) is 0 Å². The van der Waals surface area contributed by atoms with Crippen molar-refractivity contribution < 1.29 is 0 Å². The second-order valence-electron chi connectivity index (χ2n) is 1.80. The van der Waals surface area contributed by atoms with E-state index in [2.05, 4.69) is 17.5 Å². The van der Waals surface area contributed by atoms with Crippen molar-refractivity contribution in [1.82, 2.24) is 0 Å². The van der Waals surface area contributed by atoms with E-state index in [9.17, 15) is 0 Å². The van der Waals surface area contributed by atoms with Gasteiger partial charge in [-0.15, -0.1) is 11.3 Å². The summed E-state index contributed by atoms with van der Waals surface area (Å²) in [7, 11) is 0. The Kier molecular flexibility index (Phi) is 2.65. The van der Waals surface area contributed by atoms with Crippen molar-refractivity contribution >= 4 is 33.5 Å². The van der Waals surface area contributed by atoms with Gasteiger partial charge in [0.25, 0.3) is 0 Å². The third-order valence-electron chi connectivity index (χ3n) is 0.958. The zero-order chi connectivity index (χ0) is 7.40. The smallest absolute Gasteiger partial charge is 0.0921 e. The zero-order valence-electron chi connectivity index (χ0n) is 5.33. The summed E-state index contributed by atoms with van der Waals surface area (Å²) in [6.45, 7) is 0.579. The van der Waals surface area contributed by atoms with Crippen LogP contribution in [0.1, 0.15) is 0 Å². The molecular formula is C6H8N2S2. The molecule has 0 fully saturated rings. The summed E-state index contributed by atoms with van der Waals surface area (Å²) in [5, 5.41) is 6.18. The van der Waals surface area contributed by atoms with Crippen molar-refractivity contribution in [3.8, 4) is 0 Å². The molecule has 1 rings (SSSR count). The molecule has 4 heteroatoms. The van der Waals surface area contributed by atoms with Crippen molar-refractivity contribution in [3.05, 3.63) is 17.5 Å². The normalized spacial score (nSPS) is 9.20. The van der Waals surface area contributed by atoms with Gasteiger partial charge in [0.15, 0.2) is 0 Å². The average molecular weight is 172 g/mol. The lowest BCUT2D eigenvalue weighted by molar-refractivity contribution is 1.42. The monoisotopic (exact) mass is 172 g/mol. The molecule has 0 saturated carbocycles. The van der Waals surface area contributed by atoms with Gasteiger partial charge >= 0.3 is 0 Å². The van der Waals surface area contributed by atoms with Gasteiger partial charge in [-0.05, 0) is 17.5 Å². The summed E-state index contributed by atoms with van der Waals surface area (Å²) in [5.74, 6) is 0. The summed E-state index contributed by atoms with van der Waals surface area (Å²) < 4.78 is 0. The molecule has 1 aromatic rings. The van der Waals surface area contributed by atoms with Crippen LogP contribution < -0.4 is 11.1 Å². The Morgan fingerprint density at radius 1 is 1.80 bits per heavy atom. The fourth-order valence-electron chi connectivity index (χ4n) is 0.553. The zero-order valence-corrected chi connectivity index (χ0v) is 6.97. The summed E-state index contributed by atoms with van der Waals surface area (Å²) in [6.07, 6.45) is 0. The van der Waals surface area contributed by atoms with Gasteiger partial charge in [0.05, 0.1) is 16.5 Å². The van der Waals surface area contributed by atoms with E-state index < -0.39 is 0 Å². The van der Waals surface area contributed by atoms with Crippen molar-refractivity contribution in [2.45, 2.75) is 0 Å². The lowest BCUT2D eigenvalue weighted by atomic mass is 10.6. The molecule has 1 heterocycles. The predicted octanol–water partition coefficient (Wildman–Crippen LogP) is 1.45. The molecule has 0 radical (unpaired) electrons. The molecule has 0 aliphatic heterocycles. The second-order valence-corrected chi connectivity index (χ2v) is 3.27. The Morgan fingerprint density at radius 3 is 3.10 bits per heavy atom. The average Bonchev–Trinajstić information content (AvgIpc) is 2.34. The van der Waals surface area contributed by atoms with Crippen LogP contribution in [0.3, 0.4) is 0 Å². The molecule has 0 bridgehead atoms. The third-order valence-corrected chi connectivity index (χ3v) is 1.93. The van der Waals surface area contributed by atoms with E-state index in [0.717, 1.165) is 5.00 Å². The first kappa shape index (κ1) is 7.50. The molecule has 0 amide bonds. The van der Waals surface area contributed by atoms with Crippen LogP contribution >= 0.6 is 23.6 Å². The number of anilines is 1. The lowest BCUT2D eigenvalue weighted by Crippen LogP contribution is -2.19. The van der Waals surface area contributed by atoms with Crippen LogP contribution in [-0.2, 0) is 0 Å². The van der Waals surface area contributed by atoms with Gasteiger partial charge in [-0.1, -0.05) is 12.2 Å². The van der Waals surface area contributed by atoms with Crippen LogP contribution in [0.5, 0.6) is 0 Å². The third kappa shape index (κ3) is 2.33. The van der Waals surface area contributed by atoms with Crippen molar-refractivity contribution in [1.29, 1.82) is 0 Å². The van der Waals surface area contributed by atoms with Gasteiger partial charge in [0, 0.05) is 0 Å². The number of thiophene rings is 1. The molecule has 0 atom stereocenters. The van der Waals surface area contributed by atoms with E-state index in [1.807, 2.05) is 17.5 Å². The molecule has 0 aliphatic carbocycles. The molecule has 2 nitrogen and oxygen atoms in total. The fraction of sp³-hybridized carbons (Fsp3) is 0.167. The standard InChI is InChI=1S/C6H8N2S2/c7-5(9)4-8-6-2-1-3-10-6/h1-3,8H,4H2,(H2,7,9). The molecule has 1 aromatic heterocycles. The summed E-state index contributed by atoms with van der Waals surface area (Å²) in [4.78, 5) is 0.494. The molecule has 3 N–H and O–H groups in total. The topological polar surface area (TPSA) is 38.0 Å². The Hall–Kier alpha value is -0.610. The molecule has 0 aliphatic rings. The molecule has 54 valence electrons. The summed E-state index contributed by atoms with van der Waals surface area (Å²) in [6, 6.07) is 3.97. The lowest BCUT2D eigenvalue weighted by Gasteiger charge is -1.98. The minimum Gasteiger partial charge on any atom is -0.392 e. The number of rotatable bonds is 3. The Bertz CT molecular complexity index is 206. The molecule has 0 aromatic carbocycles. The maximum absolute atomic E-state index is 5.28. The number of nitrogens with one attached hydrogen (secondary N) is 1. The van der Waals surface area contributed by atoms with Crippen LogP contribution in [0.2, 0.25) is 0 Å². The van der Waals surface area contributed by atoms with Gasteiger partial charge in [-0.25, -0.2) is 0 Å². The second kappa shape index (κ2) is 3.53. The van der Waals surface area contributed by atoms with E-state index in [1.165, 1.54) is 0 Å². The Labute approximate surface area is 69.1 Å². The van der Waals surface area contributed by atoms with Gasteiger partial charge in [-0.3, -0.25) is 0 Å². The van der Waals surface area contributed by atoms with Crippen LogP contribution in [-0.4, -0.2) is 11.5 Å². The molecule has 10 heavy (non-hydrogen) atoms. The Balaban J connectivity index is 2.35. The number of thiocarbonyl (C=S) groups is 1. The van der Waals surface area contributed by atoms with E-state index in [4.69, 9.17) is 5.73 Å².